The second-order valence-corrected chi connectivity index (χ2v) is 4.42. The molecule has 2 atom stereocenters. The predicted octanol–water partition coefficient (Wildman–Crippen LogP) is -0.388. The molecule has 5 nitrogen and oxygen atoms in total. The molecule has 0 aromatic carbocycles. The van der Waals surface area contributed by atoms with Gasteiger partial charge in [-0.1, -0.05) is 0 Å². The lowest BCUT2D eigenvalue weighted by Gasteiger charge is -2.25. The topological polar surface area (TPSA) is 50.8 Å². The summed E-state index contributed by atoms with van der Waals surface area (Å²) in [6.07, 6.45) is 1.72. The molecular weight excluding hydrogens is 208 g/mol. The number of hydrogen-bond acceptors (Lipinski definition) is 4. The van der Waals surface area contributed by atoms with Gasteiger partial charge in [0.1, 0.15) is 0 Å². The number of methoxy groups -OCH3 is 1. The number of ether oxygens (including phenoxy) is 2. The third kappa shape index (κ3) is 2.93. The summed E-state index contributed by atoms with van der Waals surface area (Å²) in [4.78, 5) is 13.8. The Hall–Kier alpha value is -0.650. The van der Waals surface area contributed by atoms with Crippen molar-refractivity contribution in [3.8, 4) is 0 Å². The summed E-state index contributed by atoms with van der Waals surface area (Å²) in [6, 6.07) is 0.183. The van der Waals surface area contributed by atoms with Crippen LogP contribution >= 0.6 is 0 Å². The maximum absolute atomic E-state index is 11.9. The average molecular weight is 228 g/mol. The Morgan fingerprint density at radius 3 is 3.12 bits per heavy atom. The lowest BCUT2D eigenvalue weighted by atomic mass is 10.2. The molecular formula is C11H20N2O3. The van der Waals surface area contributed by atoms with E-state index in [2.05, 4.69) is 5.32 Å². The van der Waals surface area contributed by atoms with Gasteiger partial charge in [0.2, 0.25) is 5.91 Å². The molecule has 2 fully saturated rings. The van der Waals surface area contributed by atoms with Crippen LogP contribution in [0, 0.1) is 0 Å². The molecule has 0 radical (unpaired) electrons. The van der Waals surface area contributed by atoms with Gasteiger partial charge in [0.25, 0.3) is 0 Å². The summed E-state index contributed by atoms with van der Waals surface area (Å²) in [7, 11) is 1.70. The second kappa shape index (κ2) is 5.61. The Balaban J connectivity index is 1.75. The maximum Gasteiger partial charge on any atom is 0.224 e. The molecule has 2 heterocycles. The molecule has 2 aliphatic heterocycles. The van der Waals surface area contributed by atoms with Crippen molar-refractivity contribution in [2.24, 2.45) is 0 Å². The number of amides is 1. The Morgan fingerprint density at radius 2 is 2.50 bits per heavy atom. The zero-order valence-corrected chi connectivity index (χ0v) is 9.78. The summed E-state index contributed by atoms with van der Waals surface area (Å²) in [5.41, 5.74) is 0. The van der Waals surface area contributed by atoms with Crippen molar-refractivity contribution < 1.29 is 14.3 Å². The molecule has 0 aliphatic carbocycles. The summed E-state index contributed by atoms with van der Waals surface area (Å²) in [5.74, 6) is 0.211. The molecule has 2 aliphatic rings. The van der Waals surface area contributed by atoms with E-state index in [9.17, 15) is 4.79 Å². The highest BCUT2D eigenvalue weighted by atomic mass is 16.5. The molecule has 92 valence electrons. The molecule has 0 bridgehead atoms. The van der Waals surface area contributed by atoms with Crippen molar-refractivity contribution in [3.63, 3.8) is 0 Å². The van der Waals surface area contributed by atoms with Crippen molar-refractivity contribution >= 4 is 5.91 Å². The number of carbonyl (C=O) groups is 1. The van der Waals surface area contributed by atoms with Crippen LogP contribution < -0.4 is 5.32 Å². The van der Waals surface area contributed by atoms with Crippen LogP contribution in [-0.4, -0.2) is 62.9 Å². The molecule has 2 unspecified atom stereocenters. The van der Waals surface area contributed by atoms with Crippen LogP contribution in [0.1, 0.15) is 12.8 Å². The second-order valence-electron chi connectivity index (χ2n) is 4.42. The molecule has 1 N–H and O–H groups in total. The van der Waals surface area contributed by atoms with Crippen LogP contribution in [0.15, 0.2) is 0 Å². The van der Waals surface area contributed by atoms with Gasteiger partial charge in [-0.15, -0.1) is 0 Å². The highest BCUT2D eigenvalue weighted by Gasteiger charge is 2.27. The molecule has 2 saturated heterocycles. The third-order valence-electron chi connectivity index (χ3n) is 3.25. The summed E-state index contributed by atoms with van der Waals surface area (Å²) < 4.78 is 10.6. The van der Waals surface area contributed by atoms with Gasteiger partial charge in [-0.25, -0.2) is 0 Å². The standard InChI is InChI=1S/C11H20N2O3/c1-15-10-2-4-13(7-10)11(14)6-9-8-16-5-3-12-9/h9-10,12H,2-8H2,1H3. The first kappa shape index (κ1) is 11.8. The molecule has 0 spiro atoms. The van der Waals surface area contributed by atoms with Crippen molar-refractivity contribution in [1.82, 2.24) is 10.2 Å². The number of likely N-dealkylation sites (tertiary alicyclic amines) is 1. The van der Waals surface area contributed by atoms with Crippen molar-refractivity contribution in [2.75, 3.05) is 40.0 Å². The minimum absolute atomic E-state index is 0.183. The fraction of sp³-hybridized carbons (Fsp3) is 0.909. The Bertz CT molecular complexity index is 241. The van der Waals surface area contributed by atoms with E-state index >= 15 is 0 Å². The van der Waals surface area contributed by atoms with E-state index in [0.29, 0.717) is 13.0 Å². The number of hydrogen-bond donors (Lipinski definition) is 1. The monoisotopic (exact) mass is 228 g/mol. The maximum atomic E-state index is 11.9. The van der Waals surface area contributed by atoms with E-state index in [0.717, 1.165) is 32.7 Å². The van der Waals surface area contributed by atoms with Gasteiger partial charge in [-0.2, -0.15) is 0 Å². The van der Waals surface area contributed by atoms with Crippen LogP contribution in [0.25, 0.3) is 0 Å². The molecule has 1 amide bonds. The van der Waals surface area contributed by atoms with Crippen LogP contribution in [-0.2, 0) is 14.3 Å². The number of nitrogens with zero attached hydrogens (tertiary/aromatic N) is 1. The number of morpholine rings is 1. The summed E-state index contributed by atoms with van der Waals surface area (Å²) in [6.45, 7) is 3.81. The van der Waals surface area contributed by atoms with Gasteiger partial charge in [-0.3, -0.25) is 4.79 Å². The molecule has 5 heteroatoms. The van der Waals surface area contributed by atoms with Crippen LogP contribution in [0.5, 0.6) is 0 Å². The van der Waals surface area contributed by atoms with Gasteiger partial charge in [0.05, 0.1) is 19.3 Å². The van der Waals surface area contributed by atoms with Gasteiger partial charge in [0.15, 0.2) is 0 Å². The first-order valence-electron chi connectivity index (χ1n) is 5.91. The minimum atomic E-state index is 0.183. The first-order chi connectivity index (χ1) is 7.79. The van der Waals surface area contributed by atoms with E-state index < -0.39 is 0 Å². The molecule has 0 aromatic rings. The highest BCUT2D eigenvalue weighted by Crippen LogP contribution is 2.14. The smallest absolute Gasteiger partial charge is 0.224 e. The van der Waals surface area contributed by atoms with E-state index in [1.165, 1.54) is 0 Å². The van der Waals surface area contributed by atoms with E-state index in [4.69, 9.17) is 9.47 Å². The van der Waals surface area contributed by atoms with E-state index in [1.807, 2.05) is 4.90 Å². The highest BCUT2D eigenvalue weighted by molar-refractivity contribution is 5.77. The van der Waals surface area contributed by atoms with Crippen molar-refractivity contribution in [1.29, 1.82) is 0 Å². The minimum Gasteiger partial charge on any atom is -0.380 e. The zero-order valence-electron chi connectivity index (χ0n) is 9.78. The van der Waals surface area contributed by atoms with Gasteiger partial charge in [0, 0.05) is 39.2 Å². The van der Waals surface area contributed by atoms with Crippen LogP contribution in [0.2, 0.25) is 0 Å². The molecule has 16 heavy (non-hydrogen) atoms. The summed E-state index contributed by atoms with van der Waals surface area (Å²) in [5, 5.41) is 3.29. The van der Waals surface area contributed by atoms with Crippen LogP contribution in [0.3, 0.4) is 0 Å². The molecule has 0 saturated carbocycles. The van der Waals surface area contributed by atoms with Gasteiger partial charge < -0.3 is 19.7 Å². The normalized spacial score (nSPS) is 30.7. The fourth-order valence-corrected chi connectivity index (χ4v) is 2.24. The number of carbonyl (C=O) groups excluding carboxylic acids is 1. The zero-order chi connectivity index (χ0) is 11.4. The Kier molecular flexibility index (Phi) is 4.15. The largest absolute Gasteiger partial charge is 0.380 e. The van der Waals surface area contributed by atoms with Gasteiger partial charge >= 0.3 is 0 Å². The average Bonchev–Trinajstić information content (AvgIpc) is 2.79. The Morgan fingerprint density at radius 1 is 1.62 bits per heavy atom. The summed E-state index contributed by atoms with van der Waals surface area (Å²) >= 11 is 0. The fourth-order valence-electron chi connectivity index (χ4n) is 2.24. The number of rotatable bonds is 3. The SMILES string of the molecule is COC1CCN(C(=O)CC2COCCN2)C1. The Labute approximate surface area is 96.1 Å². The van der Waals surface area contributed by atoms with Crippen molar-refractivity contribution in [2.45, 2.75) is 25.0 Å². The molecule has 0 aromatic heterocycles. The van der Waals surface area contributed by atoms with Crippen molar-refractivity contribution in [3.05, 3.63) is 0 Å². The molecule has 2 rings (SSSR count). The number of nitrogens with one attached hydrogen (secondary N) is 1. The van der Waals surface area contributed by atoms with E-state index in [-0.39, 0.29) is 18.1 Å². The quantitative estimate of drug-likeness (QED) is 0.715. The lowest BCUT2D eigenvalue weighted by molar-refractivity contribution is -0.131. The predicted molar refractivity (Wildman–Crippen MR) is 59.2 cm³/mol. The first-order valence-corrected chi connectivity index (χ1v) is 5.91. The van der Waals surface area contributed by atoms with Crippen LogP contribution in [0.4, 0.5) is 0 Å². The van der Waals surface area contributed by atoms with E-state index in [1.54, 1.807) is 7.11 Å². The van der Waals surface area contributed by atoms with Gasteiger partial charge in [-0.05, 0) is 6.42 Å². The third-order valence-corrected chi connectivity index (χ3v) is 3.25. The lowest BCUT2D eigenvalue weighted by Crippen LogP contribution is -2.44.